The monoisotopic (exact) mass is 435 g/mol. The lowest BCUT2D eigenvalue weighted by atomic mass is 10.2. The molecule has 3 aromatic rings. The summed E-state index contributed by atoms with van der Waals surface area (Å²) in [6, 6.07) is 14.2. The van der Waals surface area contributed by atoms with Gasteiger partial charge in [-0.25, -0.2) is 13.6 Å². The van der Waals surface area contributed by atoms with Gasteiger partial charge in [0.05, 0.1) is 4.90 Å². The highest BCUT2D eigenvalue weighted by molar-refractivity contribution is 9.10. The van der Waals surface area contributed by atoms with Crippen LogP contribution in [0.3, 0.4) is 0 Å². The molecule has 3 rings (SSSR count). The van der Waals surface area contributed by atoms with E-state index in [4.69, 9.17) is 5.14 Å². The molecule has 0 unspecified atom stereocenters. The van der Waals surface area contributed by atoms with Gasteiger partial charge < -0.3 is 9.88 Å². The Morgan fingerprint density at radius 2 is 1.85 bits per heavy atom. The average Bonchev–Trinajstić information content (AvgIpc) is 3.00. The standard InChI is InChI=1S/C18H18BrN3O3S/c19-15-4-3-14-7-9-22(17(14)11-15)10-8-18(23)21-12-13-1-5-16(6-2-13)26(20,24)25/h1-7,9,11H,8,10,12H2,(H,21,23)(H2,20,24,25). The summed E-state index contributed by atoms with van der Waals surface area (Å²) in [5.74, 6) is -0.0719. The van der Waals surface area contributed by atoms with Crippen LogP contribution in [0.5, 0.6) is 0 Å². The van der Waals surface area contributed by atoms with E-state index < -0.39 is 10.0 Å². The first-order chi connectivity index (χ1) is 12.3. The number of nitrogens with two attached hydrogens (primary N) is 1. The number of carbonyl (C=O) groups is 1. The number of carbonyl (C=O) groups excluding carboxylic acids is 1. The summed E-state index contributed by atoms with van der Waals surface area (Å²) in [5, 5.41) is 9.03. The Balaban J connectivity index is 1.55. The van der Waals surface area contributed by atoms with Crippen molar-refractivity contribution < 1.29 is 13.2 Å². The van der Waals surface area contributed by atoms with Crippen LogP contribution in [0.2, 0.25) is 0 Å². The van der Waals surface area contributed by atoms with E-state index in [9.17, 15) is 13.2 Å². The summed E-state index contributed by atoms with van der Waals surface area (Å²) in [5.41, 5.74) is 1.88. The molecule has 0 saturated carbocycles. The molecular weight excluding hydrogens is 418 g/mol. The van der Waals surface area contributed by atoms with E-state index in [1.54, 1.807) is 12.1 Å². The second-order valence-electron chi connectivity index (χ2n) is 5.93. The molecule has 0 bridgehead atoms. The Labute approximate surface area is 160 Å². The van der Waals surface area contributed by atoms with Crippen molar-refractivity contribution in [3.05, 3.63) is 64.8 Å². The molecule has 26 heavy (non-hydrogen) atoms. The first-order valence-corrected chi connectivity index (χ1v) is 10.3. The molecule has 0 spiro atoms. The predicted molar refractivity (Wildman–Crippen MR) is 104 cm³/mol. The zero-order chi connectivity index (χ0) is 18.7. The number of nitrogens with zero attached hydrogens (tertiary/aromatic N) is 1. The molecule has 1 aromatic heterocycles. The zero-order valence-corrected chi connectivity index (χ0v) is 16.3. The van der Waals surface area contributed by atoms with E-state index in [0.717, 1.165) is 20.9 Å². The third kappa shape index (κ3) is 4.51. The molecule has 136 valence electrons. The van der Waals surface area contributed by atoms with Gasteiger partial charge in [0.15, 0.2) is 0 Å². The lowest BCUT2D eigenvalue weighted by Gasteiger charge is -2.08. The van der Waals surface area contributed by atoms with Crippen LogP contribution in [-0.2, 0) is 27.9 Å². The number of amides is 1. The van der Waals surface area contributed by atoms with E-state index in [-0.39, 0.29) is 10.8 Å². The van der Waals surface area contributed by atoms with Crippen LogP contribution >= 0.6 is 15.9 Å². The molecule has 0 fully saturated rings. The Kier molecular flexibility index (Phi) is 5.45. The van der Waals surface area contributed by atoms with E-state index in [1.807, 2.05) is 35.0 Å². The van der Waals surface area contributed by atoms with Crippen molar-refractivity contribution in [2.24, 2.45) is 5.14 Å². The van der Waals surface area contributed by atoms with Gasteiger partial charge in [-0.1, -0.05) is 34.1 Å². The summed E-state index contributed by atoms with van der Waals surface area (Å²) in [6.45, 7) is 0.915. The van der Waals surface area contributed by atoms with Gasteiger partial charge in [-0.05, 0) is 41.3 Å². The predicted octanol–water partition coefficient (Wildman–Crippen LogP) is 2.76. The van der Waals surface area contributed by atoms with Crippen LogP contribution in [-0.4, -0.2) is 18.9 Å². The lowest BCUT2D eigenvalue weighted by Crippen LogP contribution is -2.23. The van der Waals surface area contributed by atoms with Gasteiger partial charge in [0.2, 0.25) is 15.9 Å². The smallest absolute Gasteiger partial charge is 0.238 e. The van der Waals surface area contributed by atoms with E-state index in [2.05, 4.69) is 21.2 Å². The first kappa shape index (κ1) is 18.6. The minimum absolute atomic E-state index is 0.0539. The van der Waals surface area contributed by atoms with Crippen molar-refractivity contribution in [1.29, 1.82) is 0 Å². The van der Waals surface area contributed by atoms with Gasteiger partial charge >= 0.3 is 0 Å². The van der Waals surface area contributed by atoms with Crippen molar-refractivity contribution >= 4 is 42.8 Å². The molecule has 0 radical (unpaired) electrons. The fourth-order valence-corrected chi connectivity index (χ4v) is 3.52. The van der Waals surface area contributed by atoms with Gasteiger partial charge in [0.25, 0.3) is 0 Å². The molecule has 0 aliphatic heterocycles. The van der Waals surface area contributed by atoms with Crippen molar-refractivity contribution in [3.8, 4) is 0 Å². The topological polar surface area (TPSA) is 94.2 Å². The number of halogens is 1. The Hall–Kier alpha value is -2.16. The fraction of sp³-hybridized carbons (Fsp3) is 0.167. The number of nitrogens with one attached hydrogen (secondary N) is 1. The lowest BCUT2D eigenvalue weighted by molar-refractivity contribution is -0.121. The summed E-state index contributed by atoms with van der Waals surface area (Å²) in [6.07, 6.45) is 2.32. The Morgan fingerprint density at radius 1 is 1.12 bits per heavy atom. The van der Waals surface area contributed by atoms with Crippen molar-refractivity contribution in [2.45, 2.75) is 24.4 Å². The second-order valence-corrected chi connectivity index (χ2v) is 8.41. The number of aryl methyl sites for hydroxylation is 1. The van der Waals surface area contributed by atoms with Crippen molar-refractivity contribution in [1.82, 2.24) is 9.88 Å². The number of sulfonamides is 1. The third-order valence-corrected chi connectivity index (χ3v) is 5.48. The number of benzene rings is 2. The quantitative estimate of drug-likeness (QED) is 0.622. The highest BCUT2D eigenvalue weighted by Gasteiger charge is 2.08. The van der Waals surface area contributed by atoms with Crippen LogP contribution in [0.25, 0.3) is 10.9 Å². The summed E-state index contributed by atoms with van der Waals surface area (Å²) >= 11 is 3.46. The number of hydrogen-bond acceptors (Lipinski definition) is 3. The SMILES string of the molecule is NS(=O)(=O)c1ccc(CNC(=O)CCn2ccc3ccc(Br)cc32)cc1. The molecule has 2 aromatic carbocycles. The number of rotatable bonds is 6. The molecule has 3 N–H and O–H groups in total. The molecule has 8 heteroatoms. The van der Waals surface area contributed by atoms with Crippen LogP contribution in [0.15, 0.2) is 64.1 Å². The molecule has 0 saturated heterocycles. The number of primary sulfonamides is 1. The minimum Gasteiger partial charge on any atom is -0.352 e. The van der Waals surface area contributed by atoms with Crippen molar-refractivity contribution in [2.75, 3.05) is 0 Å². The van der Waals surface area contributed by atoms with E-state index in [0.29, 0.717) is 19.5 Å². The van der Waals surface area contributed by atoms with Gasteiger partial charge in [0, 0.05) is 35.7 Å². The van der Waals surface area contributed by atoms with Gasteiger partial charge in [-0.2, -0.15) is 0 Å². The van der Waals surface area contributed by atoms with Crippen LogP contribution < -0.4 is 10.5 Å². The normalized spacial score (nSPS) is 11.6. The Morgan fingerprint density at radius 3 is 2.54 bits per heavy atom. The molecular formula is C18H18BrN3O3S. The van der Waals surface area contributed by atoms with Crippen LogP contribution in [0.4, 0.5) is 0 Å². The molecule has 6 nitrogen and oxygen atoms in total. The first-order valence-electron chi connectivity index (χ1n) is 7.96. The Bertz CT molecular complexity index is 1040. The van der Waals surface area contributed by atoms with Gasteiger partial charge in [-0.15, -0.1) is 0 Å². The maximum absolute atomic E-state index is 12.1. The fourth-order valence-electron chi connectivity index (χ4n) is 2.66. The molecule has 0 aliphatic rings. The second kappa shape index (κ2) is 7.61. The number of fused-ring (bicyclic) bond motifs is 1. The zero-order valence-electron chi connectivity index (χ0n) is 13.9. The third-order valence-electron chi connectivity index (χ3n) is 4.06. The molecule has 0 aliphatic carbocycles. The van der Waals surface area contributed by atoms with Gasteiger partial charge in [-0.3, -0.25) is 4.79 Å². The summed E-state index contributed by atoms with van der Waals surface area (Å²) in [7, 11) is -3.70. The van der Waals surface area contributed by atoms with E-state index in [1.165, 1.54) is 12.1 Å². The number of hydrogen-bond donors (Lipinski definition) is 2. The minimum atomic E-state index is -3.70. The highest BCUT2D eigenvalue weighted by Crippen LogP contribution is 2.21. The molecule has 0 atom stereocenters. The van der Waals surface area contributed by atoms with Gasteiger partial charge in [0.1, 0.15) is 0 Å². The molecule has 1 heterocycles. The van der Waals surface area contributed by atoms with Crippen LogP contribution in [0, 0.1) is 0 Å². The van der Waals surface area contributed by atoms with Crippen LogP contribution in [0.1, 0.15) is 12.0 Å². The maximum atomic E-state index is 12.1. The van der Waals surface area contributed by atoms with E-state index >= 15 is 0 Å². The highest BCUT2D eigenvalue weighted by atomic mass is 79.9. The largest absolute Gasteiger partial charge is 0.352 e. The molecule has 1 amide bonds. The maximum Gasteiger partial charge on any atom is 0.238 e. The summed E-state index contributed by atoms with van der Waals surface area (Å²) < 4.78 is 25.5. The summed E-state index contributed by atoms with van der Waals surface area (Å²) in [4.78, 5) is 12.1. The average molecular weight is 436 g/mol. The van der Waals surface area contributed by atoms with Crippen molar-refractivity contribution in [3.63, 3.8) is 0 Å². The number of aromatic nitrogens is 1.